The number of carbonyl (C=O) groups excluding carboxylic acids is 1. The average molecular weight is 385 g/mol. The number of aryl methyl sites for hydroxylation is 1. The van der Waals surface area contributed by atoms with Gasteiger partial charge in [0.2, 0.25) is 0 Å². The van der Waals surface area contributed by atoms with Crippen LogP contribution in [0.4, 0.5) is 13.2 Å². The Kier molecular flexibility index (Phi) is 6.18. The van der Waals surface area contributed by atoms with Crippen LogP contribution < -0.4 is 0 Å². The summed E-state index contributed by atoms with van der Waals surface area (Å²) in [4.78, 5) is 16.2. The molecule has 3 rings (SSSR count). The molecule has 27 heavy (non-hydrogen) atoms. The molecule has 2 heterocycles. The molecule has 1 aliphatic carbocycles. The summed E-state index contributed by atoms with van der Waals surface area (Å²) < 4.78 is 40.2. The number of amides is 1. The Labute approximate surface area is 159 Å². The molecule has 0 aromatic carbocycles. The quantitative estimate of drug-likeness (QED) is 0.775. The summed E-state index contributed by atoms with van der Waals surface area (Å²) in [7, 11) is 0. The molecule has 0 bridgehead atoms. The number of nitrogens with zero attached hydrogens (tertiary/aromatic N) is 3. The zero-order chi connectivity index (χ0) is 19.6. The van der Waals surface area contributed by atoms with Crippen LogP contribution in [0, 0.1) is 13.8 Å². The Bertz CT molecular complexity index is 662. The number of rotatable bonds is 3. The second-order valence-electron chi connectivity index (χ2n) is 7.98. The summed E-state index contributed by atoms with van der Waals surface area (Å²) in [6, 6.07) is 2.43. The second kappa shape index (κ2) is 8.25. The van der Waals surface area contributed by atoms with E-state index in [9.17, 15) is 18.0 Å². The lowest BCUT2D eigenvalue weighted by molar-refractivity contribution is -0.145. The largest absolute Gasteiger partial charge is 0.401 e. The molecule has 2 fully saturated rings. The molecule has 0 unspecified atom stereocenters. The maximum atomic E-state index is 13.1. The van der Waals surface area contributed by atoms with Crippen molar-refractivity contribution in [2.24, 2.45) is 0 Å². The van der Waals surface area contributed by atoms with Crippen LogP contribution in [0.5, 0.6) is 0 Å². The van der Waals surface area contributed by atoms with Gasteiger partial charge in [-0.3, -0.25) is 9.69 Å². The van der Waals surface area contributed by atoms with Gasteiger partial charge >= 0.3 is 6.18 Å². The van der Waals surface area contributed by atoms with Gasteiger partial charge in [-0.1, -0.05) is 19.3 Å². The molecule has 1 saturated carbocycles. The summed E-state index contributed by atoms with van der Waals surface area (Å²) >= 11 is 0. The molecule has 1 aliphatic heterocycles. The highest BCUT2D eigenvalue weighted by molar-refractivity contribution is 5.95. The SMILES string of the molecule is Cc1cc(C(=O)N2CCCN(CC(F)(F)F)CC2)c(C)n1C1CCCCC1. The van der Waals surface area contributed by atoms with E-state index in [-0.39, 0.29) is 12.5 Å². The fourth-order valence-corrected chi connectivity index (χ4v) is 4.65. The molecule has 1 aromatic heterocycles. The van der Waals surface area contributed by atoms with Gasteiger partial charge in [0, 0.05) is 43.6 Å². The van der Waals surface area contributed by atoms with Crippen LogP contribution in [0.25, 0.3) is 0 Å². The Morgan fingerprint density at radius 2 is 1.74 bits per heavy atom. The van der Waals surface area contributed by atoms with E-state index < -0.39 is 12.7 Å². The van der Waals surface area contributed by atoms with Crippen LogP contribution in [-0.4, -0.2) is 59.2 Å². The molecule has 152 valence electrons. The van der Waals surface area contributed by atoms with Gasteiger partial charge in [0.1, 0.15) is 0 Å². The van der Waals surface area contributed by atoms with Crippen molar-refractivity contribution in [2.45, 2.75) is 64.6 Å². The van der Waals surface area contributed by atoms with E-state index in [4.69, 9.17) is 0 Å². The molecule has 0 radical (unpaired) electrons. The van der Waals surface area contributed by atoms with Gasteiger partial charge in [0.05, 0.1) is 12.1 Å². The van der Waals surface area contributed by atoms with E-state index in [1.165, 1.54) is 24.2 Å². The van der Waals surface area contributed by atoms with E-state index >= 15 is 0 Å². The summed E-state index contributed by atoms with van der Waals surface area (Å²) in [5.74, 6) is -0.0426. The Morgan fingerprint density at radius 3 is 2.41 bits per heavy atom. The lowest BCUT2D eigenvalue weighted by Gasteiger charge is -2.27. The van der Waals surface area contributed by atoms with Crippen molar-refractivity contribution in [2.75, 3.05) is 32.7 Å². The van der Waals surface area contributed by atoms with Crippen LogP contribution in [0.2, 0.25) is 0 Å². The number of halogens is 3. The van der Waals surface area contributed by atoms with Crippen molar-refractivity contribution in [1.29, 1.82) is 0 Å². The first-order valence-electron chi connectivity index (χ1n) is 10.0. The number of aromatic nitrogens is 1. The van der Waals surface area contributed by atoms with Crippen LogP contribution in [0.15, 0.2) is 6.07 Å². The van der Waals surface area contributed by atoms with Crippen molar-refractivity contribution < 1.29 is 18.0 Å². The van der Waals surface area contributed by atoms with Crippen molar-refractivity contribution in [3.63, 3.8) is 0 Å². The maximum Gasteiger partial charge on any atom is 0.401 e. The Hall–Kier alpha value is -1.50. The minimum absolute atomic E-state index is 0.0426. The topological polar surface area (TPSA) is 28.5 Å². The second-order valence-corrected chi connectivity index (χ2v) is 7.98. The minimum atomic E-state index is -4.19. The van der Waals surface area contributed by atoms with Crippen LogP contribution in [0.1, 0.15) is 66.3 Å². The molecule has 2 aliphatic rings. The molecule has 1 amide bonds. The van der Waals surface area contributed by atoms with Crippen LogP contribution >= 0.6 is 0 Å². The average Bonchev–Trinajstić information content (AvgIpc) is 2.77. The van der Waals surface area contributed by atoms with E-state index in [2.05, 4.69) is 4.57 Å². The highest BCUT2D eigenvalue weighted by Crippen LogP contribution is 2.32. The van der Waals surface area contributed by atoms with E-state index in [0.29, 0.717) is 37.7 Å². The third-order valence-corrected chi connectivity index (χ3v) is 5.93. The standard InChI is InChI=1S/C20H30F3N3O/c1-15-13-18(16(2)26(15)17-7-4-3-5-8-17)19(27)25-10-6-9-24(11-12-25)14-20(21,22)23/h13,17H,3-12,14H2,1-2H3. The molecule has 1 aromatic rings. The van der Waals surface area contributed by atoms with Gasteiger partial charge in [-0.05, 0) is 39.2 Å². The van der Waals surface area contributed by atoms with Crippen molar-refractivity contribution in [3.8, 4) is 0 Å². The zero-order valence-electron chi connectivity index (χ0n) is 16.3. The molecular formula is C20H30F3N3O. The molecular weight excluding hydrogens is 355 g/mol. The number of carbonyl (C=O) groups is 1. The Balaban J connectivity index is 1.70. The van der Waals surface area contributed by atoms with Gasteiger partial charge in [-0.25, -0.2) is 0 Å². The molecule has 1 saturated heterocycles. The summed E-state index contributed by atoms with van der Waals surface area (Å²) in [5, 5.41) is 0. The van der Waals surface area contributed by atoms with E-state index in [1.807, 2.05) is 19.9 Å². The predicted molar refractivity (Wildman–Crippen MR) is 99.0 cm³/mol. The monoisotopic (exact) mass is 385 g/mol. The summed E-state index contributed by atoms with van der Waals surface area (Å²) in [6.45, 7) is 4.67. The smallest absolute Gasteiger partial charge is 0.345 e. The van der Waals surface area contributed by atoms with Crippen molar-refractivity contribution >= 4 is 5.91 Å². The van der Waals surface area contributed by atoms with Crippen LogP contribution in [0.3, 0.4) is 0 Å². The normalized spacial score (nSPS) is 20.7. The van der Waals surface area contributed by atoms with Gasteiger partial charge < -0.3 is 9.47 Å². The molecule has 0 N–H and O–H groups in total. The first kappa shape index (κ1) is 20.2. The third kappa shape index (κ3) is 4.86. The lowest BCUT2D eigenvalue weighted by atomic mass is 9.95. The van der Waals surface area contributed by atoms with Gasteiger partial charge in [0.25, 0.3) is 5.91 Å². The highest BCUT2D eigenvalue weighted by Gasteiger charge is 2.32. The molecule has 0 atom stereocenters. The van der Waals surface area contributed by atoms with Crippen molar-refractivity contribution in [3.05, 3.63) is 23.0 Å². The zero-order valence-corrected chi connectivity index (χ0v) is 16.3. The summed E-state index contributed by atoms with van der Waals surface area (Å²) in [6.07, 6.45) is 2.43. The van der Waals surface area contributed by atoms with Gasteiger partial charge in [-0.15, -0.1) is 0 Å². The highest BCUT2D eigenvalue weighted by atomic mass is 19.4. The number of hydrogen-bond acceptors (Lipinski definition) is 2. The van der Waals surface area contributed by atoms with Crippen LogP contribution in [-0.2, 0) is 0 Å². The maximum absolute atomic E-state index is 13.1. The Morgan fingerprint density at radius 1 is 1.04 bits per heavy atom. The van der Waals surface area contributed by atoms with Gasteiger partial charge in [0.15, 0.2) is 0 Å². The number of alkyl halides is 3. The predicted octanol–water partition coefficient (Wildman–Crippen LogP) is 4.32. The molecule has 7 heteroatoms. The fraction of sp³-hybridized carbons (Fsp3) is 0.750. The first-order valence-corrected chi connectivity index (χ1v) is 10.0. The molecule has 0 spiro atoms. The summed E-state index contributed by atoms with van der Waals surface area (Å²) in [5.41, 5.74) is 2.82. The van der Waals surface area contributed by atoms with Crippen molar-refractivity contribution in [1.82, 2.24) is 14.4 Å². The van der Waals surface area contributed by atoms with Gasteiger partial charge in [-0.2, -0.15) is 13.2 Å². The molecule has 4 nitrogen and oxygen atoms in total. The van der Waals surface area contributed by atoms with E-state index in [1.54, 1.807) is 4.90 Å². The minimum Gasteiger partial charge on any atom is -0.345 e. The van der Waals surface area contributed by atoms with E-state index in [0.717, 1.165) is 24.2 Å². The number of hydrogen-bond donors (Lipinski definition) is 0. The lowest BCUT2D eigenvalue weighted by Crippen LogP contribution is -2.38. The fourth-order valence-electron chi connectivity index (χ4n) is 4.65. The first-order chi connectivity index (χ1) is 12.8. The third-order valence-electron chi connectivity index (χ3n) is 5.93.